The van der Waals surface area contributed by atoms with E-state index < -0.39 is 0 Å². The highest BCUT2D eigenvalue weighted by molar-refractivity contribution is 7.18. The van der Waals surface area contributed by atoms with Gasteiger partial charge in [-0.2, -0.15) is 4.98 Å². The number of nitrogen functional groups attached to an aromatic ring is 1. The highest BCUT2D eigenvalue weighted by atomic mass is 32.1. The first kappa shape index (κ1) is 13.8. The molecule has 3 rings (SSSR count). The van der Waals surface area contributed by atoms with Crippen LogP contribution in [0.1, 0.15) is 11.8 Å². The largest absolute Gasteiger partial charge is 0.365 e. The average Bonchev–Trinajstić information content (AvgIpc) is 3.06. The van der Waals surface area contributed by atoms with Gasteiger partial charge in [-0.1, -0.05) is 0 Å². The summed E-state index contributed by atoms with van der Waals surface area (Å²) in [6.45, 7) is 4.96. The molecule has 0 aliphatic carbocycles. The van der Waals surface area contributed by atoms with Crippen LogP contribution in [-0.4, -0.2) is 25.6 Å². The number of nitrogens with zero attached hydrogens (tertiary/aromatic N) is 4. The minimum absolute atomic E-state index is 0.197. The van der Waals surface area contributed by atoms with Crippen LogP contribution in [0.2, 0.25) is 0 Å². The van der Waals surface area contributed by atoms with Gasteiger partial charge in [-0.3, -0.25) is 5.43 Å². The van der Waals surface area contributed by atoms with Crippen molar-refractivity contribution in [2.75, 3.05) is 10.7 Å². The van der Waals surface area contributed by atoms with E-state index >= 15 is 0 Å². The summed E-state index contributed by atoms with van der Waals surface area (Å²) in [6, 6.07) is 2.29. The number of fused-ring (bicyclic) bond motifs is 1. The summed E-state index contributed by atoms with van der Waals surface area (Å²) in [5.74, 6) is 6.66. The van der Waals surface area contributed by atoms with Gasteiger partial charge in [0.25, 0.3) is 0 Å². The van der Waals surface area contributed by atoms with Gasteiger partial charge in [0.1, 0.15) is 10.6 Å². The number of aromatic nitrogens is 4. The molecule has 3 heterocycles. The molecule has 3 aromatic rings. The summed E-state index contributed by atoms with van der Waals surface area (Å²) in [7, 11) is 0. The van der Waals surface area contributed by atoms with Gasteiger partial charge in [0.05, 0.1) is 11.7 Å². The molecule has 0 saturated carbocycles. The SMILES string of the molecule is Cc1cc2c(NC(C)Cn3ccnc3)nc(NN)nc2s1. The molecular formula is C13H17N7S. The van der Waals surface area contributed by atoms with E-state index in [-0.39, 0.29) is 6.04 Å². The summed E-state index contributed by atoms with van der Waals surface area (Å²) in [5.41, 5.74) is 2.52. The Labute approximate surface area is 126 Å². The number of thiophene rings is 1. The van der Waals surface area contributed by atoms with Crippen molar-refractivity contribution < 1.29 is 0 Å². The maximum atomic E-state index is 5.45. The summed E-state index contributed by atoms with van der Waals surface area (Å²) >= 11 is 1.63. The lowest BCUT2D eigenvalue weighted by Crippen LogP contribution is -2.22. The fraction of sp³-hybridized carbons (Fsp3) is 0.308. The van der Waals surface area contributed by atoms with E-state index in [4.69, 9.17) is 5.84 Å². The number of aryl methyl sites for hydroxylation is 1. The second-order valence-corrected chi connectivity index (χ2v) is 6.16. The normalized spacial score (nSPS) is 12.5. The van der Waals surface area contributed by atoms with E-state index in [0.717, 1.165) is 22.6 Å². The first-order valence-corrected chi connectivity index (χ1v) is 7.44. The Morgan fingerprint density at radius 1 is 1.43 bits per heavy atom. The van der Waals surface area contributed by atoms with Gasteiger partial charge in [-0.25, -0.2) is 15.8 Å². The topological polar surface area (TPSA) is 93.7 Å². The molecule has 0 saturated heterocycles. The zero-order valence-corrected chi connectivity index (χ0v) is 12.7. The summed E-state index contributed by atoms with van der Waals surface area (Å²) in [4.78, 5) is 15.0. The summed E-state index contributed by atoms with van der Waals surface area (Å²) in [6.07, 6.45) is 5.51. The van der Waals surface area contributed by atoms with E-state index in [1.165, 1.54) is 4.88 Å². The van der Waals surface area contributed by atoms with Crippen molar-refractivity contribution in [2.24, 2.45) is 5.84 Å². The minimum Gasteiger partial charge on any atom is -0.365 e. The number of nitrogens with two attached hydrogens (primary N) is 1. The fourth-order valence-electron chi connectivity index (χ4n) is 2.21. The molecule has 0 spiro atoms. The number of hydrogen-bond acceptors (Lipinski definition) is 7. The molecule has 0 aliphatic heterocycles. The summed E-state index contributed by atoms with van der Waals surface area (Å²) in [5, 5.41) is 4.44. The van der Waals surface area contributed by atoms with E-state index in [0.29, 0.717) is 5.95 Å². The van der Waals surface area contributed by atoms with Crippen molar-refractivity contribution in [2.45, 2.75) is 26.4 Å². The van der Waals surface area contributed by atoms with E-state index in [2.05, 4.69) is 45.6 Å². The Bertz CT molecular complexity index is 734. The van der Waals surface area contributed by atoms with E-state index in [1.807, 2.05) is 10.8 Å². The number of hydrazine groups is 1. The third-order valence-electron chi connectivity index (χ3n) is 3.07. The van der Waals surface area contributed by atoms with E-state index in [1.54, 1.807) is 23.9 Å². The van der Waals surface area contributed by atoms with Crippen molar-refractivity contribution in [3.8, 4) is 0 Å². The molecule has 0 radical (unpaired) electrons. The fourth-order valence-corrected chi connectivity index (χ4v) is 3.09. The van der Waals surface area contributed by atoms with Crippen LogP contribution in [0.15, 0.2) is 24.8 Å². The molecule has 3 aromatic heterocycles. The quantitative estimate of drug-likeness (QED) is 0.493. The number of hydrogen-bond donors (Lipinski definition) is 3. The van der Waals surface area contributed by atoms with Crippen LogP contribution in [0.25, 0.3) is 10.2 Å². The lowest BCUT2D eigenvalue weighted by atomic mass is 10.3. The Balaban J connectivity index is 1.88. The van der Waals surface area contributed by atoms with Crippen LogP contribution in [0.5, 0.6) is 0 Å². The van der Waals surface area contributed by atoms with Gasteiger partial charge < -0.3 is 9.88 Å². The van der Waals surface area contributed by atoms with Crippen LogP contribution >= 0.6 is 11.3 Å². The Morgan fingerprint density at radius 3 is 3.00 bits per heavy atom. The molecule has 4 N–H and O–H groups in total. The molecule has 7 nitrogen and oxygen atoms in total. The highest BCUT2D eigenvalue weighted by Crippen LogP contribution is 2.29. The predicted molar refractivity (Wildman–Crippen MR) is 85.3 cm³/mol. The average molecular weight is 303 g/mol. The van der Waals surface area contributed by atoms with Gasteiger partial charge >= 0.3 is 0 Å². The van der Waals surface area contributed by atoms with Crippen molar-refractivity contribution in [3.63, 3.8) is 0 Å². The van der Waals surface area contributed by atoms with Crippen LogP contribution in [0.4, 0.5) is 11.8 Å². The van der Waals surface area contributed by atoms with Gasteiger partial charge in [0.15, 0.2) is 0 Å². The van der Waals surface area contributed by atoms with Crippen molar-refractivity contribution in [3.05, 3.63) is 29.7 Å². The number of imidazole rings is 1. The minimum atomic E-state index is 0.197. The molecule has 0 amide bonds. The zero-order chi connectivity index (χ0) is 14.8. The van der Waals surface area contributed by atoms with Gasteiger partial charge in [-0.15, -0.1) is 11.3 Å². The lowest BCUT2D eigenvalue weighted by molar-refractivity contribution is 0.617. The van der Waals surface area contributed by atoms with Crippen LogP contribution in [-0.2, 0) is 6.54 Å². The third-order valence-corrected chi connectivity index (χ3v) is 4.02. The second kappa shape index (κ2) is 5.66. The molecular weight excluding hydrogens is 286 g/mol. The smallest absolute Gasteiger partial charge is 0.240 e. The lowest BCUT2D eigenvalue weighted by Gasteiger charge is -2.16. The number of rotatable bonds is 5. The standard InChI is InChI=1S/C13H17N7S/c1-8(6-20-4-3-15-7-20)16-11-10-5-9(2)21-12(10)18-13(17-11)19-14/h3-5,7-8H,6,14H2,1-2H3,(H2,16,17,18,19). The monoisotopic (exact) mass is 303 g/mol. The van der Waals surface area contributed by atoms with Crippen LogP contribution in [0.3, 0.4) is 0 Å². The third kappa shape index (κ3) is 2.96. The van der Waals surface area contributed by atoms with Crippen molar-refractivity contribution in [1.29, 1.82) is 0 Å². The second-order valence-electron chi connectivity index (χ2n) is 4.92. The first-order chi connectivity index (χ1) is 10.2. The van der Waals surface area contributed by atoms with Gasteiger partial charge in [0.2, 0.25) is 5.95 Å². The van der Waals surface area contributed by atoms with Crippen molar-refractivity contribution >= 4 is 33.3 Å². The Morgan fingerprint density at radius 2 is 2.29 bits per heavy atom. The molecule has 1 atom stereocenters. The first-order valence-electron chi connectivity index (χ1n) is 6.63. The predicted octanol–water partition coefficient (Wildman–Crippen LogP) is 1.98. The van der Waals surface area contributed by atoms with Gasteiger partial charge in [-0.05, 0) is 19.9 Å². The molecule has 0 aromatic carbocycles. The van der Waals surface area contributed by atoms with Crippen molar-refractivity contribution in [1.82, 2.24) is 19.5 Å². The number of anilines is 2. The summed E-state index contributed by atoms with van der Waals surface area (Å²) < 4.78 is 2.02. The molecule has 0 fully saturated rings. The molecule has 1 unspecified atom stereocenters. The molecule has 110 valence electrons. The maximum Gasteiger partial charge on any atom is 0.240 e. The van der Waals surface area contributed by atoms with Crippen LogP contribution < -0.4 is 16.6 Å². The molecule has 21 heavy (non-hydrogen) atoms. The van der Waals surface area contributed by atoms with Gasteiger partial charge in [0, 0.05) is 29.9 Å². The zero-order valence-electron chi connectivity index (χ0n) is 11.9. The maximum absolute atomic E-state index is 5.45. The van der Waals surface area contributed by atoms with Crippen LogP contribution in [0, 0.1) is 6.92 Å². The molecule has 0 aliphatic rings. The Hall–Kier alpha value is -2.19. The Kier molecular flexibility index (Phi) is 3.72. The highest BCUT2D eigenvalue weighted by Gasteiger charge is 2.12. The number of nitrogens with one attached hydrogen (secondary N) is 2. The molecule has 8 heteroatoms. The molecule has 0 bridgehead atoms. The van der Waals surface area contributed by atoms with E-state index in [9.17, 15) is 0 Å².